The molecule has 3 aliphatic heterocycles. The van der Waals surface area contributed by atoms with Gasteiger partial charge in [-0.15, -0.1) is 45.3 Å². The second-order valence-electron chi connectivity index (χ2n) is 21.7. The average molecular weight is 1210 g/mol. The first kappa shape index (κ1) is 55.5. The van der Waals surface area contributed by atoms with Crippen LogP contribution in [0.25, 0.3) is 46.4 Å². The number of thiazole rings is 2. The molecule has 0 spiro atoms. The van der Waals surface area contributed by atoms with E-state index in [9.17, 15) is 9.59 Å². The van der Waals surface area contributed by atoms with E-state index in [4.69, 9.17) is 18.8 Å². The summed E-state index contributed by atoms with van der Waals surface area (Å²) in [6, 6.07) is 20.9. The van der Waals surface area contributed by atoms with Crippen LogP contribution in [0.3, 0.4) is 0 Å². The number of ether oxygens (including phenoxy) is 2. The van der Waals surface area contributed by atoms with Gasteiger partial charge in [-0.05, 0) is 189 Å². The molecule has 76 heavy (non-hydrogen) atoms. The molecule has 6 aromatic heterocycles. The van der Waals surface area contributed by atoms with Crippen LogP contribution >= 0.6 is 67.9 Å². The fourth-order valence-corrected chi connectivity index (χ4v) is 12.7. The van der Waals surface area contributed by atoms with Crippen LogP contribution in [0.15, 0.2) is 102 Å². The number of hydrogen-bond acceptors (Lipinski definition) is 16. The molecular weight excluding hydrogens is 1150 g/mol. The van der Waals surface area contributed by atoms with Crippen LogP contribution in [-0.4, -0.2) is 97.6 Å². The standard InChI is InChI=1S/C25H26N4O2S2.C17H30BNO4.C14H8IN3S2/c1-25(2,3)31-24(30)29-11-4-5-16(9-12-29)22-14-18-19(8-10-26-23(18)33-22)28-17-6-7-21-20(13-17)27-15-32-21;1-15(2,3)21-14(20)19-11-8-9-13(10-12-19)18-22-16(4,5)17(6,7)23-18;15-13-6-9-10(3-4-16-14(9)20-13)18-8-1-2-12-11(5-8)17-7-19-12/h5-8,10,13-15H,4,9,11-12H2,1-3H3,(H,26,28);9H,8,10-12H2,1-7H3;1-7H,(H,16,18). The maximum absolute atomic E-state index is 12.5. The first-order valence-electron chi connectivity index (χ1n) is 25.4. The van der Waals surface area contributed by atoms with Gasteiger partial charge in [0, 0.05) is 65.6 Å². The van der Waals surface area contributed by atoms with Crippen molar-refractivity contribution in [1.29, 1.82) is 0 Å². The predicted octanol–water partition coefficient (Wildman–Crippen LogP) is 15.9. The van der Waals surface area contributed by atoms with Gasteiger partial charge in [-0.25, -0.2) is 29.5 Å². The Balaban J connectivity index is 0.000000145. The Kier molecular flexibility index (Phi) is 16.8. The Labute approximate surface area is 474 Å². The number of benzene rings is 2. The Morgan fingerprint density at radius 3 is 1.68 bits per heavy atom. The first-order valence-corrected chi connectivity index (χ1v) is 29.9. The lowest BCUT2D eigenvalue weighted by Gasteiger charge is -2.32. The number of fused-ring (bicyclic) bond motifs is 4. The highest BCUT2D eigenvalue weighted by molar-refractivity contribution is 14.1. The molecule has 0 bridgehead atoms. The SMILES string of the molecule is CC(C)(C)OC(=O)N1CCC=C(B2OC(C)(C)C(C)(C)O2)CC1.CC(C)(C)OC(=O)N1CCC=C(c2cc3c(Nc4ccc5scnc5c4)ccnc3s2)CC1.Ic1cc2c(Nc3ccc4scnc4c3)ccnc2s1. The Morgan fingerprint density at radius 2 is 1.14 bits per heavy atom. The lowest BCUT2D eigenvalue weighted by molar-refractivity contribution is 0.00578. The fraction of sp³-hybridized carbons (Fsp3) is 0.393. The van der Waals surface area contributed by atoms with E-state index in [1.54, 1.807) is 50.2 Å². The number of anilines is 4. The van der Waals surface area contributed by atoms with E-state index in [0.717, 1.165) is 80.0 Å². The van der Waals surface area contributed by atoms with Crippen molar-refractivity contribution in [2.24, 2.45) is 0 Å². The van der Waals surface area contributed by atoms with Gasteiger partial charge in [0.2, 0.25) is 0 Å². The van der Waals surface area contributed by atoms with Gasteiger partial charge in [0.25, 0.3) is 0 Å². The van der Waals surface area contributed by atoms with E-state index in [0.29, 0.717) is 26.2 Å². The number of aromatic nitrogens is 4. The van der Waals surface area contributed by atoms with Crippen molar-refractivity contribution in [3.8, 4) is 0 Å². The highest BCUT2D eigenvalue weighted by Gasteiger charge is 2.52. The van der Waals surface area contributed by atoms with Crippen LogP contribution in [0.5, 0.6) is 0 Å². The second kappa shape index (κ2) is 23.0. The third-order valence-electron chi connectivity index (χ3n) is 13.2. The molecule has 0 aliphatic carbocycles. The summed E-state index contributed by atoms with van der Waals surface area (Å²) in [5.41, 5.74) is 10.7. The van der Waals surface area contributed by atoms with Gasteiger partial charge in [-0.2, -0.15) is 0 Å². The Bertz CT molecular complexity index is 3430. The summed E-state index contributed by atoms with van der Waals surface area (Å²) < 4.78 is 26.9. The molecule has 2 amide bonds. The number of carbonyl (C=O) groups is 2. The second-order valence-corrected chi connectivity index (χ2v) is 27.5. The van der Waals surface area contributed by atoms with E-state index in [-0.39, 0.29) is 30.5 Å². The summed E-state index contributed by atoms with van der Waals surface area (Å²) in [5.74, 6) is 0. The molecule has 2 N–H and O–H groups in total. The van der Waals surface area contributed by atoms with Gasteiger partial charge < -0.3 is 39.2 Å². The number of hydrogen-bond donors (Lipinski definition) is 2. The van der Waals surface area contributed by atoms with E-state index in [2.05, 4.69) is 142 Å². The third-order valence-corrected chi connectivity index (χ3v) is 17.7. The van der Waals surface area contributed by atoms with Crippen molar-refractivity contribution in [2.45, 2.75) is 117 Å². The summed E-state index contributed by atoms with van der Waals surface area (Å²) in [5, 5.41) is 9.28. The number of nitrogens with zero attached hydrogens (tertiary/aromatic N) is 6. The van der Waals surface area contributed by atoms with E-state index in [1.807, 2.05) is 82.0 Å². The molecule has 14 nitrogen and oxygen atoms in total. The zero-order valence-electron chi connectivity index (χ0n) is 44.6. The Morgan fingerprint density at radius 1 is 0.645 bits per heavy atom. The topological polar surface area (TPSA) is 153 Å². The number of amides is 2. The highest BCUT2D eigenvalue weighted by Crippen LogP contribution is 2.41. The minimum Gasteiger partial charge on any atom is -0.444 e. The van der Waals surface area contributed by atoms with Crippen molar-refractivity contribution >= 4 is 156 Å². The lowest BCUT2D eigenvalue weighted by atomic mass is 9.76. The van der Waals surface area contributed by atoms with Gasteiger partial charge in [-0.3, -0.25) is 0 Å². The van der Waals surface area contributed by atoms with Gasteiger partial charge in [0.05, 0.1) is 56.9 Å². The molecule has 1 fully saturated rings. The summed E-state index contributed by atoms with van der Waals surface area (Å²) in [6.07, 6.45) is 10.8. The molecule has 9 heterocycles. The molecule has 0 atom stereocenters. The summed E-state index contributed by atoms with van der Waals surface area (Å²) in [6.45, 7) is 22.2. The quantitative estimate of drug-likeness (QED) is 0.120. The summed E-state index contributed by atoms with van der Waals surface area (Å²) in [7, 11) is -0.321. The normalized spacial score (nSPS) is 16.8. The van der Waals surface area contributed by atoms with Crippen molar-refractivity contribution in [3.05, 3.63) is 109 Å². The van der Waals surface area contributed by atoms with Crippen molar-refractivity contribution < 1.29 is 28.4 Å². The predicted molar refractivity (Wildman–Crippen MR) is 324 cm³/mol. The minimum atomic E-state index is -0.482. The van der Waals surface area contributed by atoms with Crippen LogP contribution in [0.1, 0.15) is 99.8 Å². The van der Waals surface area contributed by atoms with Gasteiger partial charge in [-0.1, -0.05) is 12.2 Å². The van der Waals surface area contributed by atoms with Gasteiger partial charge in [0.1, 0.15) is 20.9 Å². The molecule has 398 valence electrons. The van der Waals surface area contributed by atoms with Crippen molar-refractivity contribution in [1.82, 2.24) is 29.7 Å². The first-order chi connectivity index (χ1) is 36.1. The molecule has 3 aliphatic rings. The van der Waals surface area contributed by atoms with Crippen molar-refractivity contribution in [3.63, 3.8) is 0 Å². The zero-order valence-corrected chi connectivity index (χ0v) is 50.0. The molecule has 11 rings (SSSR count). The molecule has 0 saturated carbocycles. The van der Waals surface area contributed by atoms with E-state index >= 15 is 0 Å². The zero-order chi connectivity index (χ0) is 54.0. The average Bonchev–Trinajstić information content (AvgIpc) is 4.15. The van der Waals surface area contributed by atoms with Gasteiger partial charge >= 0.3 is 19.3 Å². The van der Waals surface area contributed by atoms with Crippen LogP contribution in [-0.2, 0) is 18.8 Å². The monoisotopic (exact) mass is 1210 g/mol. The maximum Gasteiger partial charge on any atom is 0.490 e. The summed E-state index contributed by atoms with van der Waals surface area (Å²) >= 11 is 9.04. The minimum absolute atomic E-state index is 0.237. The largest absolute Gasteiger partial charge is 0.490 e. The smallest absolute Gasteiger partial charge is 0.444 e. The molecule has 20 heteroatoms. The van der Waals surface area contributed by atoms with Crippen LogP contribution < -0.4 is 10.6 Å². The fourth-order valence-electron chi connectivity index (χ4n) is 8.61. The number of thiophene rings is 2. The molecule has 2 aromatic carbocycles. The molecule has 0 unspecified atom stereocenters. The number of rotatable bonds is 6. The number of pyridine rings is 2. The molecule has 0 radical (unpaired) electrons. The lowest BCUT2D eigenvalue weighted by Crippen LogP contribution is -2.41. The van der Waals surface area contributed by atoms with Crippen LogP contribution in [0, 0.1) is 2.88 Å². The van der Waals surface area contributed by atoms with Crippen LogP contribution in [0.4, 0.5) is 32.3 Å². The highest BCUT2D eigenvalue weighted by atomic mass is 127. The van der Waals surface area contributed by atoms with Gasteiger partial charge in [0.15, 0.2) is 0 Å². The molecule has 8 aromatic rings. The van der Waals surface area contributed by atoms with E-state index in [1.165, 1.54) is 28.1 Å². The number of nitrogens with one attached hydrogen (secondary N) is 2. The van der Waals surface area contributed by atoms with Crippen LogP contribution in [0.2, 0.25) is 0 Å². The molecule has 1 saturated heterocycles. The summed E-state index contributed by atoms with van der Waals surface area (Å²) in [4.78, 5) is 49.3. The van der Waals surface area contributed by atoms with E-state index < -0.39 is 11.2 Å². The third kappa shape index (κ3) is 13.7. The number of halogens is 1. The van der Waals surface area contributed by atoms with Crippen molar-refractivity contribution in [2.75, 3.05) is 36.8 Å². The number of carbonyl (C=O) groups excluding carboxylic acids is 2. The Hall–Kier alpha value is -5.23. The molecular formula is C56H64BIN8O6S4. The maximum atomic E-state index is 12.5.